The molecule has 0 atom stereocenters. The van der Waals surface area contributed by atoms with Crippen molar-refractivity contribution in [1.29, 1.82) is 0 Å². The molecule has 3 aromatic heterocycles. The smallest absolute Gasteiger partial charge is 0.332 e. The van der Waals surface area contributed by atoms with Crippen molar-refractivity contribution in [2.24, 2.45) is 14.1 Å². The zero-order valence-electron chi connectivity index (χ0n) is 16.3. The Labute approximate surface area is 173 Å². The Balaban J connectivity index is 1.26. The SMILES string of the molecule is Cn1c(=O)c2c(ncn2CC(=O)OC2CN(c3nc4ccccc4s3)C2)n(C)c1=O. The van der Waals surface area contributed by atoms with Crippen LogP contribution in [0, 0.1) is 0 Å². The van der Waals surface area contributed by atoms with Crippen molar-refractivity contribution in [3.8, 4) is 0 Å². The van der Waals surface area contributed by atoms with E-state index in [1.165, 1.54) is 29.6 Å². The molecule has 0 bridgehead atoms. The largest absolute Gasteiger partial charge is 0.457 e. The zero-order valence-corrected chi connectivity index (χ0v) is 17.1. The van der Waals surface area contributed by atoms with Gasteiger partial charge in [0.2, 0.25) is 0 Å². The third kappa shape index (κ3) is 2.89. The van der Waals surface area contributed by atoms with Crippen molar-refractivity contribution < 1.29 is 9.53 Å². The molecule has 4 aromatic rings. The number of carbonyl (C=O) groups is 1. The first-order chi connectivity index (χ1) is 14.4. The van der Waals surface area contributed by atoms with Gasteiger partial charge in [-0.15, -0.1) is 0 Å². The second kappa shape index (κ2) is 6.80. The molecule has 1 saturated heterocycles. The Kier molecular flexibility index (Phi) is 4.21. The fraction of sp³-hybridized carbons (Fsp3) is 0.316. The number of imidazole rings is 1. The Morgan fingerprint density at radius 3 is 2.73 bits per heavy atom. The number of hydrogen-bond donors (Lipinski definition) is 0. The molecule has 1 aliphatic rings. The molecule has 0 unspecified atom stereocenters. The minimum Gasteiger partial charge on any atom is -0.457 e. The van der Waals surface area contributed by atoms with Crippen LogP contribution >= 0.6 is 11.3 Å². The molecule has 10 nitrogen and oxygen atoms in total. The molecule has 154 valence electrons. The van der Waals surface area contributed by atoms with Crippen molar-refractivity contribution in [2.45, 2.75) is 12.6 Å². The lowest BCUT2D eigenvalue weighted by Crippen LogP contribution is -2.53. The summed E-state index contributed by atoms with van der Waals surface area (Å²) in [6.45, 7) is 1.00. The fourth-order valence-electron chi connectivity index (χ4n) is 3.54. The van der Waals surface area contributed by atoms with Gasteiger partial charge in [-0.25, -0.2) is 14.8 Å². The number of thiazole rings is 1. The fourth-order valence-corrected chi connectivity index (χ4v) is 4.53. The second-order valence-corrected chi connectivity index (χ2v) is 8.24. The first-order valence-corrected chi connectivity index (χ1v) is 10.1. The van der Waals surface area contributed by atoms with Crippen LogP contribution in [0.1, 0.15) is 0 Å². The molecular formula is C19H18N6O4S. The molecule has 1 aliphatic heterocycles. The highest BCUT2D eigenvalue weighted by atomic mass is 32.1. The number of aryl methyl sites for hydroxylation is 1. The predicted octanol–water partition coefficient (Wildman–Crippen LogP) is 0.475. The van der Waals surface area contributed by atoms with Gasteiger partial charge in [0.15, 0.2) is 16.3 Å². The maximum absolute atomic E-state index is 12.5. The second-order valence-electron chi connectivity index (χ2n) is 7.23. The van der Waals surface area contributed by atoms with E-state index in [0.717, 1.165) is 19.9 Å². The number of ether oxygens (including phenoxy) is 1. The van der Waals surface area contributed by atoms with Crippen LogP contribution in [0.2, 0.25) is 0 Å². The molecule has 0 saturated carbocycles. The molecule has 0 spiro atoms. The van der Waals surface area contributed by atoms with Gasteiger partial charge < -0.3 is 14.2 Å². The van der Waals surface area contributed by atoms with Crippen molar-refractivity contribution in [1.82, 2.24) is 23.7 Å². The highest BCUT2D eigenvalue weighted by Crippen LogP contribution is 2.31. The summed E-state index contributed by atoms with van der Waals surface area (Å²) in [5.74, 6) is -0.459. The third-order valence-electron chi connectivity index (χ3n) is 5.22. The number of hydrogen-bond acceptors (Lipinski definition) is 8. The number of fused-ring (bicyclic) bond motifs is 2. The van der Waals surface area contributed by atoms with E-state index in [0.29, 0.717) is 13.1 Å². The number of benzene rings is 1. The lowest BCUT2D eigenvalue weighted by atomic mass is 10.2. The monoisotopic (exact) mass is 426 g/mol. The van der Waals surface area contributed by atoms with Crippen LogP contribution in [-0.4, -0.2) is 48.8 Å². The minimum atomic E-state index is -0.496. The molecule has 1 fully saturated rings. The molecule has 11 heteroatoms. The quantitative estimate of drug-likeness (QED) is 0.437. The van der Waals surface area contributed by atoms with Crippen LogP contribution in [-0.2, 0) is 30.2 Å². The van der Waals surface area contributed by atoms with Crippen molar-refractivity contribution in [3.63, 3.8) is 0 Å². The Hall–Kier alpha value is -3.47. The van der Waals surface area contributed by atoms with Gasteiger partial charge in [0.05, 0.1) is 29.6 Å². The number of carbonyl (C=O) groups excluding carboxylic acids is 1. The zero-order chi connectivity index (χ0) is 21.0. The maximum Gasteiger partial charge on any atom is 0.332 e. The predicted molar refractivity (Wildman–Crippen MR) is 112 cm³/mol. The average molecular weight is 426 g/mol. The summed E-state index contributed by atoms with van der Waals surface area (Å²) in [5, 5.41) is 0.911. The van der Waals surface area contributed by atoms with E-state index in [1.54, 1.807) is 11.3 Å². The highest BCUT2D eigenvalue weighted by molar-refractivity contribution is 7.22. The molecule has 0 N–H and O–H groups in total. The maximum atomic E-state index is 12.5. The number of para-hydroxylation sites is 1. The minimum absolute atomic E-state index is 0.151. The van der Waals surface area contributed by atoms with Crippen LogP contribution in [0.3, 0.4) is 0 Å². The van der Waals surface area contributed by atoms with Crippen LogP contribution < -0.4 is 16.1 Å². The molecule has 30 heavy (non-hydrogen) atoms. The van der Waals surface area contributed by atoms with Crippen LogP contribution in [0.5, 0.6) is 0 Å². The van der Waals surface area contributed by atoms with E-state index in [4.69, 9.17) is 4.74 Å². The highest BCUT2D eigenvalue weighted by Gasteiger charge is 2.32. The molecule has 0 radical (unpaired) electrons. The van der Waals surface area contributed by atoms with Gasteiger partial charge in [0.1, 0.15) is 12.6 Å². The van der Waals surface area contributed by atoms with Crippen molar-refractivity contribution in [2.75, 3.05) is 18.0 Å². The summed E-state index contributed by atoms with van der Waals surface area (Å²) < 4.78 is 10.3. The number of anilines is 1. The van der Waals surface area contributed by atoms with Crippen LogP contribution in [0.25, 0.3) is 21.4 Å². The number of nitrogens with zero attached hydrogens (tertiary/aromatic N) is 6. The lowest BCUT2D eigenvalue weighted by molar-refractivity contribution is -0.150. The number of aromatic nitrogens is 5. The van der Waals surface area contributed by atoms with Gasteiger partial charge in [-0.2, -0.15) is 0 Å². The van der Waals surface area contributed by atoms with Gasteiger partial charge >= 0.3 is 11.7 Å². The Morgan fingerprint density at radius 2 is 1.97 bits per heavy atom. The Morgan fingerprint density at radius 1 is 1.20 bits per heavy atom. The van der Waals surface area contributed by atoms with E-state index in [9.17, 15) is 14.4 Å². The van der Waals surface area contributed by atoms with Crippen LogP contribution in [0.4, 0.5) is 5.13 Å². The molecule has 1 aromatic carbocycles. The van der Waals surface area contributed by atoms with Gasteiger partial charge in [-0.1, -0.05) is 23.5 Å². The molecule has 5 rings (SSSR count). The summed E-state index contributed by atoms with van der Waals surface area (Å²) in [6, 6.07) is 7.94. The topological polar surface area (TPSA) is 104 Å². The van der Waals surface area contributed by atoms with Crippen LogP contribution in [0.15, 0.2) is 40.2 Å². The van der Waals surface area contributed by atoms with E-state index in [2.05, 4.69) is 14.9 Å². The van der Waals surface area contributed by atoms with E-state index >= 15 is 0 Å². The van der Waals surface area contributed by atoms with Gasteiger partial charge in [0, 0.05) is 14.1 Å². The summed E-state index contributed by atoms with van der Waals surface area (Å²) in [7, 11) is 2.93. The summed E-state index contributed by atoms with van der Waals surface area (Å²) >= 11 is 1.61. The Bertz CT molecular complexity index is 1380. The molecule has 4 heterocycles. The summed E-state index contributed by atoms with van der Waals surface area (Å²) in [4.78, 5) is 47.7. The number of esters is 1. The van der Waals surface area contributed by atoms with Crippen molar-refractivity contribution >= 4 is 43.8 Å². The first kappa shape index (κ1) is 18.6. The van der Waals surface area contributed by atoms with Gasteiger partial charge in [-0.3, -0.25) is 18.7 Å². The van der Waals surface area contributed by atoms with Gasteiger partial charge in [0.25, 0.3) is 5.56 Å². The van der Waals surface area contributed by atoms with E-state index in [1.807, 2.05) is 24.3 Å². The van der Waals surface area contributed by atoms with E-state index in [-0.39, 0.29) is 23.8 Å². The molecule has 0 amide bonds. The normalized spacial score (nSPS) is 14.4. The number of rotatable bonds is 4. The lowest BCUT2D eigenvalue weighted by Gasteiger charge is -2.38. The average Bonchev–Trinajstić information content (AvgIpc) is 3.31. The first-order valence-electron chi connectivity index (χ1n) is 9.33. The van der Waals surface area contributed by atoms with Gasteiger partial charge in [-0.05, 0) is 12.1 Å². The standard InChI is InChI=1S/C19H18N6O4S/c1-22-16-15(17(27)23(2)19(22)28)25(10-20-16)9-14(26)29-11-7-24(8-11)18-21-12-5-3-4-6-13(12)30-18/h3-6,10-11H,7-9H2,1-2H3. The summed E-state index contributed by atoms with van der Waals surface area (Å²) in [5.41, 5.74) is 0.428. The van der Waals surface area contributed by atoms with Crippen molar-refractivity contribution in [3.05, 3.63) is 51.4 Å². The summed E-state index contributed by atoms with van der Waals surface area (Å²) in [6.07, 6.45) is 1.15. The third-order valence-corrected chi connectivity index (χ3v) is 6.31. The van der Waals surface area contributed by atoms with E-state index < -0.39 is 17.2 Å². The molecule has 0 aliphatic carbocycles. The molecular weight excluding hydrogens is 408 g/mol.